The summed E-state index contributed by atoms with van der Waals surface area (Å²) in [5, 5.41) is 12.6. The Morgan fingerprint density at radius 3 is 2.48 bits per heavy atom. The van der Waals surface area contributed by atoms with Gasteiger partial charge in [0, 0.05) is 18.5 Å². The van der Waals surface area contributed by atoms with E-state index in [0.717, 1.165) is 12.1 Å². The highest BCUT2D eigenvalue weighted by Crippen LogP contribution is 2.40. The Hall–Kier alpha value is -2.13. The van der Waals surface area contributed by atoms with Crippen LogP contribution in [0.25, 0.3) is 0 Å². The summed E-state index contributed by atoms with van der Waals surface area (Å²) in [7, 11) is 0. The topological polar surface area (TPSA) is 49.3 Å². The van der Waals surface area contributed by atoms with Crippen LogP contribution in [0.2, 0.25) is 0 Å². The van der Waals surface area contributed by atoms with E-state index < -0.39 is 5.97 Å². The van der Waals surface area contributed by atoms with Crippen molar-refractivity contribution in [1.82, 2.24) is 5.32 Å². The van der Waals surface area contributed by atoms with E-state index in [1.165, 1.54) is 31.2 Å². The van der Waals surface area contributed by atoms with Gasteiger partial charge in [0.15, 0.2) is 0 Å². The van der Waals surface area contributed by atoms with Crippen LogP contribution in [-0.4, -0.2) is 17.6 Å². The molecule has 3 rings (SSSR count). The molecule has 1 aliphatic carbocycles. The highest BCUT2D eigenvalue weighted by atomic mass is 16.4. The highest BCUT2D eigenvalue weighted by molar-refractivity contribution is 5.87. The molecule has 0 bridgehead atoms. The Kier molecular flexibility index (Phi) is 4.77. The van der Waals surface area contributed by atoms with Crippen LogP contribution in [0.4, 0.5) is 0 Å². The fourth-order valence-electron chi connectivity index (χ4n) is 3.67. The average Bonchev–Trinajstić information content (AvgIpc) is 3.06. The molecule has 0 aromatic heterocycles. The molecule has 0 unspecified atom stereocenters. The van der Waals surface area contributed by atoms with Gasteiger partial charge in [-0.05, 0) is 36.1 Å². The van der Waals surface area contributed by atoms with E-state index in [9.17, 15) is 4.79 Å². The first kappa shape index (κ1) is 15.8. The largest absolute Gasteiger partial charge is 0.478 e. The van der Waals surface area contributed by atoms with E-state index in [2.05, 4.69) is 35.6 Å². The summed E-state index contributed by atoms with van der Waals surface area (Å²) in [6.07, 6.45) is 5.01. The minimum absolute atomic E-state index is 0.228. The maximum Gasteiger partial charge on any atom is 0.335 e. The Morgan fingerprint density at radius 2 is 1.78 bits per heavy atom. The van der Waals surface area contributed by atoms with Crippen molar-refractivity contribution < 1.29 is 9.90 Å². The number of hydrogen-bond donors (Lipinski definition) is 2. The molecule has 0 saturated heterocycles. The molecule has 2 aromatic rings. The second-order valence-electron chi connectivity index (χ2n) is 6.46. The molecule has 23 heavy (non-hydrogen) atoms. The van der Waals surface area contributed by atoms with Gasteiger partial charge in [-0.1, -0.05) is 55.3 Å². The summed E-state index contributed by atoms with van der Waals surface area (Å²) in [5.74, 6) is -0.872. The Balaban J connectivity index is 1.67. The quantitative estimate of drug-likeness (QED) is 0.848. The lowest BCUT2D eigenvalue weighted by molar-refractivity contribution is 0.0696. The average molecular weight is 309 g/mol. The van der Waals surface area contributed by atoms with Crippen molar-refractivity contribution in [3.05, 3.63) is 71.3 Å². The third kappa shape index (κ3) is 3.62. The zero-order valence-corrected chi connectivity index (χ0v) is 13.3. The van der Waals surface area contributed by atoms with E-state index in [4.69, 9.17) is 5.11 Å². The standard InChI is InChI=1S/C20H23NO2/c22-19(23)17-8-6-7-16(13-17)14-21-15-20(11-4-5-12-20)18-9-2-1-3-10-18/h1-3,6-10,13,21H,4-5,11-12,14-15H2,(H,22,23). The van der Waals surface area contributed by atoms with Crippen LogP contribution in [0.15, 0.2) is 54.6 Å². The number of hydrogen-bond acceptors (Lipinski definition) is 2. The number of nitrogens with one attached hydrogen (secondary N) is 1. The molecule has 0 amide bonds. The summed E-state index contributed by atoms with van der Waals surface area (Å²) in [4.78, 5) is 11.1. The summed E-state index contributed by atoms with van der Waals surface area (Å²) in [6.45, 7) is 1.64. The van der Waals surface area contributed by atoms with Crippen molar-refractivity contribution in [2.24, 2.45) is 0 Å². The molecule has 0 atom stereocenters. The van der Waals surface area contributed by atoms with Gasteiger partial charge in [0.05, 0.1) is 5.56 Å². The van der Waals surface area contributed by atoms with Crippen molar-refractivity contribution in [3.63, 3.8) is 0 Å². The van der Waals surface area contributed by atoms with Gasteiger partial charge in [-0.3, -0.25) is 0 Å². The lowest BCUT2D eigenvalue weighted by atomic mass is 9.79. The van der Waals surface area contributed by atoms with Gasteiger partial charge >= 0.3 is 5.97 Å². The molecule has 3 heteroatoms. The van der Waals surface area contributed by atoms with Crippen LogP contribution in [-0.2, 0) is 12.0 Å². The molecule has 120 valence electrons. The van der Waals surface area contributed by atoms with E-state index in [1.54, 1.807) is 12.1 Å². The zero-order chi connectivity index (χ0) is 16.1. The first-order valence-corrected chi connectivity index (χ1v) is 8.28. The predicted octanol–water partition coefficient (Wildman–Crippen LogP) is 3.99. The maximum atomic E-state index is 11.1. The number of benzene rings is 2. The summed E-state index contributed by atoms with van der Waals surface area (Å²) >= 11 is 0. The Bertz CT molecular complexity index is 660. The molecule has 0 spiro atoms. The fraction of sp³-hybridized carbons (Fsp3) is 0.350. The van der Waals surface area contributed by atoms with Gasteiger partial charge in [-0.15, -0.1) is 0 Å². The Morgan fingerprint density at radius 1 is 1.04 bits per heavy atom. The van der Waals surface area contributed by atoms with Gasteiger partial charge in [0.2, 0.25) is 0 Å². The van der Waals surface area contributed by atoms with E-state index in [0.29, 0.717) is 12.1 Å². The molecule has 3 nitrogen and oxygen atoms in total. The summed E-state index contributed by atoms with van der Waals surface area (Å²) < 4.78 is 0. The van der Waals surface area contributed by atoms with Gasteiger partial charge in [-0.25, -0.2) is 4.79 Å². The van der Waals surface area contributed by atoms with Crippen molar-refractivity contribution in [3.8, 4) is 0 Å². The summed E-state index contributed by atoms with van der Waals surface area (Å²) in [5.41, 5.74) is 3.02. The molecule has 0 heterocycles. The van der Waals surface area contributed by atoms with Crippen molar-refractivity contribution >= 4 is 5.97 Å². The van der Waals surface area contributed by atoms with Crippen molar-refractivity contribution in [2.75, 3.05) is 6.54 Å². The first-order chi connectivity index (χ1) is 11.2. The minimum atomic E-state index is -0.872. The molecule has 0 radical (unpaired) electrons. The lowest BCUT2D eigenvalue weighted by Gasteiger charge is -2.30. The smallest absolute Gasteiger partial charge is 0.335 e. The lowest BCUT2D eigenvalue weighted by Crippen LogP contribution is -2.35. The van der Waals surface area contributed by atoms with Crippen molar-refractivity contribution in [1.29, 1.82) is 0 Å². The molecule has 0 aliphatic heterocycles. The molecule has 2 aromatic carbocycles. The van der Waals surface area contributed by atoms with Crippen LogP contribution >= 0.6 is 0 Å². The molecule has 1 fully saturated rings. The predicted molar refractivity (Wildman–Crippen MR) is 91.7 cm³/mol. The molecular formula is C20H23NO2. The second kappa shape index (κ2) is 6.97. The van der Waals surface area contributed by atoms with Crippen molar-refractivity contribution in [2.45, 2.75) is 37.6 Å². The first-order valence-electron chi connectivity index (χ1n) is 8.28. The van der Waals surface area contributed by atoms with Gasteiger partial charge in [0.1, 0.15) is 0 Å². The van der Waals surface area contributed by atoms with Crippen LogP contribution in [0.1, 0.15) is 47.2 Å². The maximum absolute atomic E-state index is 11.1. The molecule has 1 aliphatic rings. The third-order valence-corrected chi connectivity index (χ3v) is 4.91. The second-order valence-corrected chi connectivity index (χ2v) is 6.46. The number of carboxylic acids is 1. The van der Waals surface area contributed by atoms with Crippen LogP contribution in [0.5, 0.6) is 0 Å². The normalized spacial score (nSPS) is 16.3. The number of aromatic carboxylic acids is 1. The third-order valence-electron chi connectivity index (χ3n) is 4.91. The molecule has 1 saturated carbocycles. The molecular weight excluding hydrogens is 286 g/mol. The minimum Gasteiger partial charge on any atom is -0.478 e. The number of carboxylic acid groups (broad SMARTS) is 1. The number of carbonyl (C=O) groups is 1. The highest BCUT2D eigenvalue weighted by Gasteiger charge is 2.34. The van der Waals surface area contributed by atoms with E-state index in [1.807, 2.05) is 12.1 Å². The monoisotopic (exact) mass is 309 g/mol. The van der Waals surface area contributed by atoms with E-state index >= 15 is 0 Å². The molecule has 2 N–H and O–H groups in total. The van der Waals surface area contributed by atoms with E-state index in [-0.39, 0.29) is 5.41 Å². The fourth-order valence-corrected chi connectivity index (χ4v) is 3.67. The van der Waals surface area contributed by atoms with Crippen LogP contribution < -0.4 is 5.32 Å². The van der Waals surface area contributed by atoms with Gasteiger partial charge < -0.3 is 10.4 Å². The SMILES string of the molecule is O=C(O)c1cccc(CNCC2(c3ccccc3)CCCC2)c1. The summed E-state index contributed by atoms with van der Waals surface area (Å²) in [6, 6.07) is 17.9. The van der Waals surface area contributed by atoms with Gasteiger partial charge in [0.25, 0.3) is 0 Å². The zero-order valence-electron chi connectivity index (χ0n) is 13.3. The van der Waals surface area contributed by atoms with Crippen LogP contribution in [0, 0.1) is 0 Å². The van der Waals surface area contributed by atoms with Crippen LogP contribution in [0.3, 0.4) is 0 Å². The van der Waals surface area contributed by atoms with Gasteiger partial charge in [-0.2, -0.15) is 0 Å². The Labute approximate surface area is 137 Å². The number of rotatable bonds is 6.